The van der Waals surface area contributed by atoms with Gasteiger partial charge in [-0.2, -0.15) is 5.10 Å². The van der Waals surface area contributed by atoms with Gasteiger partial charge in [-0.25, -0.2) is 4.39 Å². The number of nitrogens with one attached hydrogen (secondary N) is 1. The highest BCUT2D eigenvalue weighted by atomic mass is 19.1. The van der Waals surface area contributed by atoms with Crippen molar-refractivity contribution < 1.29 is 14.0 Å². The van der Waals surface area contributed by atoms with Crippen LogP contribution >= 0.6 is 0 Å². The average Bonchev–Trinajstić information content (AvgIpc) is 2.99. The molecule has 6 heteroatoms. The maximum atomic E-state index is 12.7. The fourth-order valence-electron chi connectivity index (χ4n) is 1.84. The van der Waals surface area contributed by atoms with Gasteiger partial charge in [0.05, 0.1) is 6.54 Å². The number of hydrogen-bond acceptors (Lipinski definition) is 3. The van der Waals surface area contributed by atoms with Crippen molar-refractivity contribution in [2.45, 2.75) is 19.4 Å². The third kappa shape index (κ3) is 4.83. The summed E-state index contributed by atoms with van der Waals surface area (Å²) in [4.78, 5) is 23.4. The second-order valence-corrected chi connectivity index (χ2v) is 4.55. The lowest BCUT2D eigenvalue weighted by Crippen LogP contribution is -2.27. The Morgan fingerprint density at radius 3 is 2.62 bits per heavy atom. The van der Waals surface area contributed by atoms with E-state index in [1.165, 1.54) is 24.3 Å². The molecule has 0 radical (unpaired) electrons. The molecule has 1 heterocycles. The number of carbonyl (C=O) groups excluding carboxylic acids is 2. The Labute approximate surface area is 121 Å². The van der Waals surface area contributed by atoms with Gasteiger partial charge in [-0.05, 0) is 30.3 Å². The molecule has 21 heavy (non-hydrogen) atoms. The second-order valence-electron chi connectivity index (χ2n) is 4.55. The minimum absolute atomic E-state index is 0.110. The molecule has 1 amide bonds. The van der Waals surface area contributed by atoms with E-state index in [-0.39, 0.29) is 30.3 Å². The molecule has 0 unspecified atom stereocenters. The number of halogens is 1. The van der Waals surface area contributed by atoms with Crippen LogP contribution < -0.4 is 5.32 Å². The molecule has 1 aromatic carbocycles. The zero-order valence-electron chi connectivity index (χ0n) is 11.5. The van der Waals surface area contributed by atoms with Gasteiger partial charge in [0, 0.05) is 37.3 Å². The van der Waals surface area contributed by atoms with Crippen LogP contribution in [0.4, 0.5) is 4.39 Å². The molecule has 2 aromatic rings. The summed E-state index contributed by atoms with van der Waals surface area (Å²) >= 11 is 0. The smallest absolute Gasteiger partial charge is 0.220 e. The second kappa shape index (κ2) is 7.33. The first kappa shape index (κ1) is 14.9. The van der Waals surface area contributed by atoms with E-state index in [9.17, 15) is 14.0 Å². The van der Waals surface area contributed by atoms with Crippen LogP contribution in [0.2, 0.25) is 0 Å². The van der Waals surface area contributed by atoms with Crippen LogP contribution in [0.15, 0.2) is 42.7 Å². The molecule has 110 valence electrons. The Bertz CT molecular complexity index is 594. The molecular weight excluding hydrogens is 273 g/mol. The summed E-state index contributed by atoms with van der Waals surface area (Å²) in [6, 6.07) is 7.12. The minimum atomic E-state index is -0.386. The number of Topliss-reactive ketones (excluding diaryl/α,β-unsaturated/α-hetero) is 1. The van der Waals surface area contributed by atoms with Crippen LogP contribution in [0.3, 0.4) is 0 Å². The highest BCUT2D eigenvalue weighted by molar-refractivity contribution is 5.97. The van der Waals surface area contributed by atoms with Gasteiger partial charge in [-0.3, -0.25) is 14.3 Å². The Morgan fingerprint density at radius 2 is 1.95 bits per heavy atom. The first-order valence-corrected chi connectivity index (χ1v) is 6.68. The Hall–Kier alpha value is -2.50. The summed E-state index contributed by atoms with van der Waals surface area (Å²) in [7, 11) is 0. The van der Waals surface area contributed by atoms with Crippen molar-refractivity contribution in [2.24, 2.45) is 0 Å². The molecule has 0 aliphatic carbocycles. The van der Waals surface area contributed by atoms with Gasteiger partial charge in [-0.1, -0.05) is 0 Å². The number of aromatic nitrogens is 2. The molecule has 0 spiro atoms. The van der Waals surface area contributed by atoms with Gasteiger partial charge in [0.2, 0.25) is 5.91 Å². The maximum Gasteiger partial charge on any atom is 0.220 e. The largest absolute Gasteiger partial charge is 0.354 e. The van der Waals surface area contributed by atoms with Crippen molar-refractivity contribution in [3.05, 3.63) is 54.1 Å². The molecular formula is C15H16FN3O2. The number of ketones is 1. The lowest BCUT2D eigenvalue weighted by Gasteiger charge is -2.05. The third-order valence-corrected chi connectivity index (χ3v) is 2.97. The van der Waals surface area contributed by atoms with Crippen LogP contribution in [0.25, 0.3) is 0 Å². The van der Waals surface area contributed by atoms with Crippen molar-refractivity contribution in [1.82, 2.24) is 15.1 Å². The molecule has 5 nitrogen and oxygen atoms in total. The SMILES string of the molecule is O=C(CCC(=O)c1ccc(F)cc1)NCCn1cccn1. The molecule has 0 fully saturated rings. The van der Waals surface area contributed by atoms with Crippen LogP contribution in [0.5, 0.6) is 0 Å². The van der Waals surface area contributed by atoms with Gasteiger partial charge in [0.15, 0.2) is 5.78 Å². The lowest BCUT2D eigenvalue weighted by molar-refractivity contribution is -0.121. The average molecular weight is 289 g/mol. The molecule has 0 aliphatic rings. The van der Waals surface area contributed by atoms with E-state index >= 15 is 0 Å². The zero-order chi connectivity index (χ0) is 15.1. The number of benzene rings is 1. The Balaban J connectivity index is 1.68. The summed E-state index contributed by atoms with van der Waals surface area (Å²) in [5, 5.41) is 6.74. The van der Waals surface area contributed by atoms with Gasteiger partial charge in [-0.15, -0.1) is 0 Å². The molecule has 0 atom stereocenters. The predicted octanol–water partition coefficient (Wildman–Crippen LogP) is 1.80. The fraction of sp³-hybridized carbons (Fsp3) is 0.267. The monoisotopic (exact) mass is 289 g/mol. The molecule has 0 saturated heterocycles. The number of hydrogen-bond donors (Lipinski definition) is 1. The molecule has 1 aromatic heterocycles. The topological polar surface area (TPSA) is 64.0 Å². The van der Waals surface area contributed by atoms with E-state index in [0.29, 0.717) is 18.7 Å². The molecule has 0 bridgehead atoms. The molecule has 2 rings (SSSR count). The minimum Gasteiger partial charge on any atom is -0.354 e. The van der Waals surface area contributed by atoms with E-state index in [1.54, 1.807) is 10.9 Å². The van der Waals surface area contributed by atoms with Crippen molar-refractivity contribution in [1.29, 1.82) is 0 Å². The predicted molar refractivity (Wildman–Crippen MR) is 75.2 cm³/mol. The standard InChI is InChI=1S/C15H16FN3O2/c16-13-4-2-12(3-5-13)14(20)6-7-15(21)17-9-11-19-10-1-8-18-19/h1-5,8,10H,6-7,9,11H2,(H,17,21). The fourth-order valence-corrected chi connectivity index (χ4v) is 1.84. The Kier molecular flexibility index (Phi) is 5.20. The highest BCUT2D eigenvalue weighted by Gasteiger charge is 2.09. The number of carbonyl (C=O) groups is 2. The number of rotatable bonds is 7. The summed E-state index contributed by atoms with van der Waals surface area (Å²) in [5.74, 6) is -0.738. The van der Waals surface area contributed by atoms with Gasteiger partial charge in [0.25, 0.3) is 0 Å². The van der Waals surface area contributed by atoms with Gasteiger partial charge in [0.1, 0.15) is 5.82 Å². The normalized spacial score (nSPS) is 10.3. The quantitative estimate of drug-likeness (QED) is 0.791. The summed E-state index contributed by atoms with van der Waals surface area (Å²) in [5.41, 5.74) is 0.417. The first-order chi connectivity index (χ1) is 10.1. The molecule has 0 saturated carbocycles. The van der Waals surface area contributed by atoms with Crippen LogP contribution in [0, 0.1) is 5.82 Å². The third-order valence-electron chi connectivity index (χ3n) is 2.97. The molecule has 1 N–H and O–H groups in total. The first-order valence-electron chi connectivity index (χ1n) is 6.68. The van der Waals surface area contributed by atoms with E-state index in [2.05, 4.69) is 10.4 Å². The van der Waals surface area contributed by atoms with Crippen molar-refractivity contribution in [3.8, 4) is 0 Å². The van der Waals surface area contributed by atoms with E-state index in [4.69, 9.17) is 0 Å². The van der Waals surface area contributed by atoms with Gasteiger partial charge >= 0.3 is 0 Å². The maximum absolute atomic E-state index is 12.7. The summed E-state index contributed by atoms with van der Waals surface area (Å²) in [6.07, 6.45) is 3.71. The van der Waals surface area contributed by atoms with Crippen molar-refractivity contribution in [3.63, 3.8) is 0 Å². The lowest BCUT2D eigenvalue weighted by atomic mass is 10.1. The van der Waals surface area contributed by atoms with Gasteiger partial charge < -0.3 is 5.32 Å². The van der Waals surface area contributed by atoms with Crippen molar-refractivity contribution in [2.75, 3.05) is 6.54 Å². The number of amides is 1. The summed E-state index contributed by atoms with van der Waals surface area (Å²) in [6.45, 7) is 1.05. The van der Waals surface area contributed by atoms with Crippen LogP contribution in [0.1, 0.15) is 23.2 Å². The van der Waals surface area contributed by atoms with E-state index in [0.717, 1.165) is 0 Å². The number of nitrogens with zero attached hydrogens (tertiary/aromatic N) is 2. The summed E-state index contributed by atoms with van der Waals surface area (Å²) < 4.78 is 14.4. The van der Waals surface area contributed by atoms with E-state index < -0.39 is 0 Å². The van der Waals surface area contributed by atoms with Crippen molar-refractivity contribution >= 4 is 11.7 Å². The van der Waals surface area contributed by atoms with E-state index in [1.807, 2.05) is 12.3 Å². The highest BCUT2D eigenvalue weighted by Crippen LogP contribution is 2.07. The van der Waals surface area contributed by atoms with Crippen LogP contribution in [-0.2, 0) is 11.3 Å². The zero-order valence-corrected chi connectivity index (χ0v) is 11.5. The molecule has 0 aliphatic heterocycles. The van der Waals surface area contributed by atoms with Crippen LogP contribution in [-0.4, -0.2) is 28.0 Å². The Morgan fingerprint density at radius 1 is 1.19 bits per heavy atom.